The van der Waals surface area contributed by atoms with E-state index in [0.717, 1.165) is 54.4 Å². The van der Waals surface area contributed by atoms with Gasteiger partial charge < -0.3 is 25.2 Å². The van der Waals surface area contributed by atoms with Crippen molar-refractivity contribution in [2.75, 3.05) is 58.3 Å². The molecule has 0 spiro atoms. The molecule has 0 aromatic heterocycles. The van der Waals surface area contributed by atoms with E-state index in [0.29, 0.717) is 6.04 Å². The summed E-state index contributed by atoms with van der Waals surface area (Å²) in [5.41, 5.74) is 1.06. The lowest BCUT2D eigenvalue weighted by Crippen LogP contribution is -2.45. The molecular formula is C22H37ClIN5O. The molecule has 0 saturated carbocycles. The molecule has 2 N–H and O–H groups in total. The Hall–Kier alpha value is -0.930. The van der Waals surface area contributed by atoms with Crippen molar-refractivity contribution in [2.24, 2.45) is 10.9 Å². The maximum absolute atomic E-state index is 6.20. The van der Waals surface area contributed by atoms with Crippen LogP contribution in [0.2, 0.25) is 5.02 Å². The van der Waals surface area contributed by atoms with Crippen molar-refractivity contribution >= 4 is 47.2 Å². The van der Waals surface area contributed by atoms with Gasteiger partial charge in [-0.1, -0.05) is 18.5 Å². The van der Waals surface area contributed by atoms with Gasteiger partial charge in [0.25, 0.3) is 0 Å². The van der Waals surface area contributed by atoms with Crippen LogP contribution >= 0.6 is 35.6 Å². The van der Waals surface area contributed by atoms with E-state index in [1.165, 1.54) is 38.9 Å². The summed E-state index contributed by atoms with van der Waals surface area (Å²) in [4.78, 5) is 9.30. The fraction of sp³-hybridized carbons (Fsp3) is 0.682. The number of anilines is 1. The number of guanidine groups is 1. The summed E-state index contributed by atoms with van der Waals surface area (Å²) in [6, 6.07) is 6.15. The predicted octanol–water partition coefficient (Wildman–Crippen LogP) is 3.83. The van der Waals surface area contributed by atoms with Gasteiger partial charge >= 0.3 is 0 Å². The molecule has 2 aliphatic heterocycles. The van der Waals surface area contributed by atoms with E-state index < -0.39 is 0 Å². The molecule has 0 aliphatic carbocycles. The molecule has 1 aromatic carbocycles. The Morgan fingerprint density at radius 3 is 2.67 bits per heavy atom. The summed E-state index contributed by atoms with van der Waals surface area (Å²) >= 11 is 6.20. The van der Waals surface area contributed by atoms with Crippen molar-refractivity contribution in [3.63, 3.8) is 0 Å². The van der Waals surface area contributed by atoms with Crippen molar-refractivity contribution in [1.29, 1.82) is 0 Å². The van der Waals surface area contributed by atoms with E-state index in [2.05, 4.69) is 32.3 Å². The van der Waals surface area contributed by atoms with E-state index in [1.54, 1.807) is 7.11 Å². The zero-order valence-corrected chi connectivity index (χ0v) is 21.6. The van der Waals surface area contributed by atoms with E-state index >= 15 is 0 Å². The molecule has 0 radical (unpaired) electrons. The first-order valence-corrected chi connectivity index (χ1v) is 11.3. The second kappa shape index (κ2) is 12.8. The van der Waals surface area contributed by atoms with Gasteiger partial charge in [-0.25, -0.2) is 0 Å². The molecule has 1 atom stereocenters. The molecule has 8 heteroatoms. The molecule has 2 fully saturated rings. The number of nitrogens with zero attached hydrogens (tertiary/aromatic N) is 3. The molecular weight excluding hydrogens is 513 g/mol. The van der Waals surface area contributed by atoms with Crippen LogP contribution in [0.3, 0.4) is 0 Å². The summed E-state index contributed by atoms with van der Waals surface area (Å²) in [5, 5.41) is 7.84. The predicted molar refractivity (Wildman–Crippen MR) is 138 cm³/mol. The van der Waals surface area contributed by atoms with Gasteiger partial charge in [0.05, 0.1) is 12.8 Å². The van der Waals surface area contributed by atoms with Crippen molar-refractivity contribution in [3.05, 3.63) is 23.2 Å². The highest BCUT2D eigenvalue weighted by molar-refractivity contribution is 14.0. The minimum Gasteiger partial charge on any atom is -0.495 e. The normalized spacial score (nSPS) is 20.7. The monoisotopic (exact) mass is 549 g/mol. The second-order valence-electron chi connectivity index (χ2n) is 8.06. The number of hydrogen-bond donors (Lipinski definition) is 2. The molecule has 2 heterocycles. The van der Waals surface area contributed by atoms with Gasteiger partial charge in [0.2, 0.25) is 0 Å². The number of ether oxygens (including phenoxy) is 1. The van der Waals surface area contributed by atoms with Gasteiger partial charge in [-0.05, 0) is 69.4 Å². The highest BCUT2D eigenvalue weighted by Gasteiger charge is 2.25. The number of halogens is 2. The molecule has 170 valence electrons. The first kappa shape index (κ1) is 25.3. The lowest BCUT2D eigenvalue weighted by molar-refractivity contribution is 0.187. The summed E-state index contributed by atoms with van der Waals surface area (Å²) in [7, 11) is 3.55. The van der Waals surface area contributed by atoms with Crippen molar-refractivity contribution < 1.29 is 4.74 Å². The van der Waals surface area contributed by atoms with Crippen LogP contribution in [0, 0.1) is 5.92 Å². The summed E-state index contributed by atoms with van der Waals surface area (Å²) < 4.78 is 5.51. The average molecular weight is 550 g/mol. The van der Waals surface area contributed by atoms with Gasteiger partial charge in [0.1, 0.15) is 5.75 Å². The number of nitrogens with one attached hydrogen (secondary N) is 2. The Labute approximate surface area is 203 Å². The Morgan fingerprint density at radius 1 is 1.23 bits per heavy atom. The van der Waals surface area contributed by atoms with Crippen molar-refractivity contribution in [2.45, 2.75) is 38.6 Å². The Kier molecular flexibility index (Phi) is 10.8. The summed E-state index contributed by atoms with van der Waals surface area (Å²) in [6.45, 7) is 8.80. The topological polar surface area (TPSA) is 52.1 Å². The average Bonchev–Trinajstić information content (AvgIpc) is 3.22. The van der Waals surface area contributed by atoms with Crippen LogP contribution in [0.25, 0.3) is 0 Å². The largest absolute Gasteiger partial charge is 0.495 e. The number of piperidine rings is 1. The molecule has 2 aliphatic rings. The minimum absolute atomic E-state index is 0. The number of hydrogen-bond acceptors (Lipinski definition) is 4. The van der Waals surface area contributed by atoms with E-state index in [1.807, 2.05) is 25.2 Å². The van der Waals surface area contributed by atoms with Crippen LogP contribution in [-0.4, -0.2) is 70.3 Å². The minimum atomic E-state index is 0. The van der Waals surface area contributed by atoms with Crippen LogP contribution in [0.4, 0.5) is 5.69 Å². The number of rotatable bonds is 7. The first-order valence-electron chi connectivity index (χ1n) is 10.9. The van der Waals surface area contributed by atoms with Crippen LogP contribution in [0.1, 0.15) is 32.6 Å². The second-order valence-corrected chi connectivity index (χ2v) is 8.49. The van der Waals surface area contributed by atoms with E-state index in [4.69, 9.17) is 16.3 Å². The lowest BCUT2D eigenvalue weighted by atomic mass is 9.93. The van der Waals surface area contributed by atoms with Gasteiger partial charge in [-0.3, -0.25) is 4.99 Å². The van der Waals surface area contributed by atoms with Crippen LogP contribution in [-0.2, 0) is 0 Å². The zero-order chi connectivity index (χ0) is 20.6. The molecule has 6 nitrogen and oxygen atoms in total. The number of likely N-dealkylation sites (tertiary alicyclic amines) is 1. The smallest absolute Gasteiger partial charge is 0.191 e. The molecule has 0 bridgehead atoms. The van der Waals surface area contributed by atoms with Crippen LogP contribution in [0.15, 0.2) is 23.2 Å². The highest BCUT2D eigenvalue weighted by atomic mass is 127. The summed E-state index contributed by atoms with van der Waals surface area (Å²) in [6.07, 6.45) is 4.92. The fourth-order valence-corrected chi connectivity index (χ4v) is 4.55. The van der Waals surface area contributed by atoms with Gasteiger partial charge in [0, 0.05) is 37.7 Å². The SMILES string of the molecule is CCN1CCC(CCNC(=NC)NC2CCN(c3cc(Cl)ccc3OC)C2)CC1.I. The Morgan fingerprint density at radius 2 is 2.00 bits per heavy atom. The summed E-state index contributed by atoms with van der Waals surface area (Å²) in [5.74, 6) is 2.60. The molecule has 3 rings (SSSR count). The maximum atomic E-state index is 6.20. The van der Waals surface area contributed by atoms with Crippen molar-refractivity contribution in [3.8, 4) is 5.75 Å². The fourth-order valence-electron chi connectivity index (χ4n) is 4.38. The zero-order valence-electron chi connectivity index (χ0n) is 18.5. The molecule has 1 aromatic rings. The maximum Gasteiger partial charge on any atom is 0.191 e. The van der Waals surface area contributed by atoms with Gasteiger partial charge in [0.15, 0.2) is 5.96 Å². The first-order chi connectivity index (χ1) is 14.1. The van der Waals surface area contributed by atoms with Crippen molar-refractivity contribution in [1.82, 2.24) is 15.5 Å². The number of methoxy groups -OCH3 is 1. The Balaban J connectivity index is 0.00000320. The van der Waals surface area contributed by atoms with E-state index in [9.17, 15) is 0 Å². The molecule has 1 unspecified atom stereocenters. The molecule has 2 saturated heterocycles. The number of aliphatic imine (C=N–C) groups is 1. The quantitative estimate of drug-likeness (QED) is 0.308. The molecule has 0 amide bonds. The third kappa shape index (κ3) is 7.05. The molecule has 30 heavy (non-hydrogen) atoms. The highest BCUT2D eigenvalue weighted by Crippen LogP contribution is 2.33. The van der Waals surface area contributed by atoms with Gasteiger partial charge in [-0.15, -0.1) is 24.0 Å². The third-order valence-electron chi connectivity index (χ3n) is 6.23. The third-order valence-corrected chi connectivity index (χ3v) is 6.47. The van der Waals surface area contributed by atoms with E-state index in [-0.39, 0.29) is 24.0 Å². The van der Waals surface area contributed by atoms with Crippen LogP contribution < -0.4 is 20.3 Å². The van der Waals surface area contributed by atoms with Gasteiger partial charge in [-0.2, -0.15) is 0 Å². The Bertz CT molecular complexity index is 681. The lowest BCUT2D eigenvalue weighted by Gasteiger charge is -2.31. The van der Waals surface area contributed by atoms with Crippen LogP contribution in [0.5, 0.6) is 5.75 Å². The number of benzene rings is 1. The standard InChI is InChI=1S/C22H36ClN5O.HI/c1-4-27-12-8-17(9-13-27)7-11-25-22(24-2)26-19-10-14-28(16-19)20-15-18(23)5-6-21(20)29-3;/h5-6,15,17,19H,4,7-14,16H2,1-3H3,(H2,24,25,26);1H.